The number of hydrogen-bond donors (Lipinski definition) is 1. The molecule has 0 atom stereocenters. The van der Waals surface area contributed by atoms with E-state index in [1.54, 1.807) is 0 Å². The van der Waals surface area contributed by atoms with Crippen LogP contribution in [0.1, 0.15) is 10.5 Å². The molecule has 7 heteroatoms. The van der Waals surface area contributed by atoms with Crippen LogP contribution in [0.4, 0.5) is 5.69 Å². The molecule has 1 N–H and O–H groups in total. The smallest absolute Gasteiger partial charge is 0.352 e. The van der Waals surface area contributed by atoms with Crippen molar-refractivity contribution in [1.82, 2.24) is 4.57 Å². The van der Waals surface area contributed by atoms with E-state index in [9.17, 15) is 14.9 Å². The molecule has 0 aromatic carbocycles. The number of carbonyl (C=O) groups is 1. The molecule has 15 heavy (non-hydrogen) atoms. The second-order valence-corrected chi connectivity index (χ2v) is 3.33. The van der Waals surface area contributed by atoms with E-state index in [-0.39, 0.29) is 23.0 Å². The average Bonchev–Trinajstić information content (AvgIpc) is 2.46. The molecule has 1 aromatic heterocycles. The topological polar surface area (TPSA) is 85.4 Å². The van der Waals surface area contributed by atoms with Crippen molar-refractivity contribution in [3.8, 4) is 0 Å². The summed E-state index contributed by atoms with van der Waals surface area (Å²) < 4.78 is 1.16. The first-order chi connectivity index (χ1) is 6.91. The predicted octanol–water partition coefficient (Wildman–Crippen LogP) is 1.85. The van der Waals surface area contributed by atoms with Crippen molar-refractivity contribution < 1.29 is 14.8 Å². The number of allylic oxidation sites excluding steroid dienone is 1. The molecule has 1 heterocycles. The Balaban J connectivity index is 3.17. The normalized spacial score (nSPS) is 9.93. The van der Waals surface area contributed by atoms with Gasteiger partial charge < -0.3 is 9.67 Å². The fourth-order valence-corrected chi connectivity index (χ4v) is 1.22. The highest BCUT2D eigenvalue weighted by Crippen LogP contribution is 2.18. The Morgan fingerprint density at radius 3 is 2.73 bits per heavy atom. The highest BCUT2D eigenvalue weighted by molar-refractivity contribution is 6.29. The van der Waals surface area contributed by atoms with Gasteiger partial charge in [-0.05, 0) is 0 Å². The molecule has 0 saturated heterocycles. The van der Waals surface area contributed by atoms with Crippen LogP contribution in [-0.2, 0) is 6.54 Å². The first-order valence-corrected chi connectivity index (χ1v) is 4.20. The largest absolute Gasteiger partial charge is 0.477 e. The fourth-order valence-electron chi connectivity index (χ4n) is 1.09. The van der Waals surface area contributed by atoms with Crippen molar-refractivity contribution in [3.63, 3.8) is 0 Å². The summed E-state index contributed by atoms with van der Waals surface area (Å²) in [6.45, 7) is 3.41. The van der Waals surface area contributed by atoms with Gasteiger partial charge in [-0.1, -0.05) is 18.2 Å². The van der Waals surface area contributed by atoms with E-state index in [1.165, 1.54) is 0 Å². The van der Waals surface area contributed by atoms with Crippen molar-refractivity contribution in [2.24, 2.45) is 0 Å². The van der Waals surface area contributed by atoms with Crippen molar-refractivity contribution in [2.45, 2.75) is 6.54 Å². The number of aromatic nitrogens is 1. The molecule has 0 aliphatic rings. The maximum atomic E-state index is 10.7. The molecule has 0 bridgehead atoms. The minimum Gasteiger partial charge on any atom is -0.477 e. The van der Waals surface area contributed by atoms with E-state index >= 15 is 0 Å². The van der Waals surface area contributed by atoms with Gasteiger partial charge in [0, 0.05) is 11.1 Å². The van der Waals surface area contributed by atoms with Crippen LogP contribution in [-0.4, -0.2) is 20.6 Å². The van der Waals surface area contributed by atoms with E-state index in [1.807, 2.05) is 0 Å². The first kappa shape index (κ1) is 11.3. The van der Waals surface area contributed by atoms with Gasteiger partial charge in [-0.3, -0.25) is 10.1 Å². The molecule has 80 valence electrons. The minimum atomic E-state index is -1.25. The van der Waals surface area contributed by atoms with Crippen molar-refractivity contribution in [3.05, 3.63) is 39.7 Å². The van der Waals surface area contributed by atoms with Gasteiger partial charge in [-0.25, -0.2) is 4.79 Å². The Hall–Kier alpha value is -1.82. The number of carboxylic acids is 1. The molecular weight excluding hydrogens is 224 g/mol. The molecule has 0 aliphatic carbocycles. The molecular formula is C8H7ClN2O4. The van der Waals surface area contributed by atoms with E-state index in [2.05, 4.69) is 6.58 Å². The van der Waals surface area contributed by atoms with Crippen LogP contribution < -0.4 is 0 Å². The number of carboxylic acid groups (broad SMARTS) is 1. The van der Waals surface area contributed by atoms with Gasteiger partial charge in [0.15, 0.2) is 0 Å². The van der Waals surface area contributed by atoms with E-state index in [4.69, 9.17) is 16.7 Å². The number of hydrogen-bond acceptors (Lipinski definition) is 3. The lowest BCUT2D eigenvalue weighted by Gasteiger charge is -2.02. The molecule has 0 aliphatic heterocycles. The van der Waals surface area contributed by atoms with Crippen LogP contribution in [0.15, 0.2) is 23.9 Å². The Labute approximate surface area is 89.5 Å². The first-order valence-electron chi connectivity index (χ1n) is 3.83. The third-order valence-electron chi connectivity index (χ3n) is 1.65. The molecule has 0 spiro atoms. The van der Waals surface area contributed by atoms with Gasteiger partial charge in [-0.2, -0.15) is 0 Å². The summed E-state index contributed by atoms with van der Waals surface area (Å²) in [5.74, 6) is -1.25. The number of halogens is 1. The van der Waals surface area contributed by atoms with Crippen LogP contribution in [0.25, 0.3) is 0 Å². The average molecular weight is 231 g/mol. The highest BCUT2D eigenvalue weighted by Gasteiger charge is 2.18. The lowest BCUT2D eigenvalue weighted by atomic mass is 10.4. The second-order valence-electron chi connectivity index (χ2n) is 2.79. The number of rotatable bonds is 4. The molecule has 0 radical (unpaired) electrons. The van der Waals surface area contributed by atoms with Crippen LogP contribution in [0.2, 0.25) is 0 Å². The quantitative estimate of drug-likeness (QED) is 0.632. The minimum absolute atomic E-state index is 0.0248. The van der Waals surface area contributed by atoms with Crippen LogP contribution >= 0.6 is 11.6 Å². The van der Waals surface area contributed by atoms with Crippen LogP contribution in [0, 0.1) is 10.1 Å². The number of nitrogens with zero attached hydrogens (tertiary/aromatic N) is 2. The van der Waals surface area contributed by atoms with Gasteiger partial charge >= 0.3 is 5.97 Å². The standard InChI is InChI=1S/C8H7ClN2O4/c1-5(9)3-10-4-6(11(14)15)2-7(10)8(12)13/h2,4H,1,3H2,(H,12,13). The van der Waals surface area contributed by atoms with Crippen molar-refractivity contribution >= 4 is 23.3 Å². The monoisotopic (exact) mass is 230 g/mol. The van der Waals surface area contributed by atoms with E-state index < -0.39 is 10.9 Å². The third kappa shape index (κ3) is 2.57. The summed E-state index contributed by atoms with van der Waals surface area (Å²) in [6.07, 6.45) is 1.11. The lowest BCUT2D eigenvalue weighted by molar-refractivity contribution is -0.384. The predicted molar refractivity (Wildman–Crippen MR) is 53.0 cm³/mol. The van der Waals surface area contributed by atoms with Crippen molar-refractivity contribution in [1.29, 1.82) is 0 Å². The lowest BCUT2D eigenvalue weighted by Crippen LogP contribution is -2.07. The number of nitro groups is 1. The van der Waals surface area contributed by atoms with E-state index in [0.717, 1.165) is 16.8 Å². The SMILES string of the molecule is C=C(Cl)Cn1cc([N+](=O)[O-])cc1C(=O)O. The fraction of sp³-hybridized carbons (Fsp3) is 0.125. The summed E-state index contributed by atoms with van der Waals surface area (Å²) in [6, 6.07) is 0.974. The van der Waals surface area contributed by atoms with Gasteiger partial charge in [0.25, 0.3) is 5.69 Å². The van der Waals surface area contributed by atoms with Crippen LogP contribution in [0.3, 0.4) is 0 Å². The molecule has 1 rings (SSSR count). The maximum absolute atomic E-state index is 10.7. The molecule has 0 fully saturated rings. The molecule has 1 aromatic rings. The molecule has 0 saturated carbocycles. The van der Waals surface area contributed by atoms with Gasteiger partial charge in [0.2, 0.25) is 0 Å². The van der Waals surface area contributed by atoms with Gasteiger partial charge in [0.1, 0.15) is 5.69 Å². The highest BCUT2D eigenvalue weighted by atomic mass is 35.5. The Kier molecular flexibility index (Phi) is 3.11. The summed E-state index contributed by atoms with van der Waals surface area (Å²) >= 11 is 5.50. The van der Waals surface area contributed by atoms with Crippen molar-refractivity contribution in [2.75, 3.05) is 0 Å². The Bertz CT molecular complexity index is 438. The summed E-state index contributed by atoms with van der Waals surface area (Å²) in [5.41, 5.74) is -0.478. The third-order valence-corrected chi connectivity index (χ3v) is 1.77. The zero-order valence-corrected chi connectivity index (χ0v) is 8.27. The Morgan fingerprint density at radius 2 is 2.33 bits per heavy atom. The molecule has 0 unspecified atom stereocenters. The summed E-state index contributed by atoms with van der Waals surface area (Å²) in [4.78, 5) is 20.5. The van der Waals surface area contributed by atoms with Crippen LogP contribution in [0.5, 0.6) is 0 Å². The zero-order chi connectivity index (χ0) is 11.6. The Morgan fingerprint density at radius 1 is 1.73 bits per heavy atom. The molecule has 6 nitrogen and oxygen atoms in total. The summed E-state index contributed by atoms with van der Waals surface area (Å²) in [5, 5.41) is 19.4. The van der Waals surface area contributed by atoms with E-state index in [0.29, 0.717) is 0 Å². The maximum Gasteiger partial charge on any atom is 0.352 e. The summed E-state index contributed by atoms with van der Waals surface area (Å²) in [7, 11) is 0. The van der Waals surface area contributed by atoms with Gasteiger partial charge in [-0.15, -0.1) is 0 Å². The zero-order valence-electron chi connectivity index (χ0n) is 7.51. The van der Waals surface area contributed by atoms with Gasteiger partial charge in [0.05, 0.1) is 17.7 Å². The number of aromatic carboxylic acids is 1. The second kappa shape index (κ2) is 4.14. The molecule has 0 amide bonds.